The van der Waals surface area contributed by atoms with Crippen molar-refractivity contribution in [1.82, 2.24) is 14.9 Å². The molecule has 1 fully saturated rings. The van der Waals surface area contributed by atoms with Crippen LogP contribution in [0, 0.1) is 18.3 Å². The third-order valence-electron chi connectivity index (χ3n) is 5.47. The monoisotopic (exact) mass is 408 g/mol. The largest absolute Gasteiger partial charge is 0.365 e. The Bertz CT molecular complexity index is 1070. The molecule has 0 unspecified atom stereocenters. The third kappa shape index (κ3) is 4.11. The first-order valence-electron chi connectivity index (χ1n) is 9.80. The molecular formula is C21H24N6OS. The number of anilines is 1. The van der Waals surface area contributed by atoms with Crippen LogP contribution in [0.5, 0.6) is 0 Å². The number of piperazine rings is 1. The second kappa shape index (κ2) is 8.23. The van der Waals surface area contributed by atoms with E-state index in [9.17, 15) is 4.79 Å². The van der Waals surface area contributed by atoms with E-state index in [4.69, 9.17) is 11.0 Å². The molecule has 2 aromatic heterocycles. The van der Waals surface area contributed by atoms with E-state index in [-0.39, 0.29) is 0 Å². The normalized spacial score (nSPS) is 15.0. The predicted molar refractivity (Wildman–Crippen MR) is 115 cm³/mol. The summed E-state index contributed by atoms with van der Waals surface area (Å²) in [6.07, 6.45) is 4.12. The number of rotatable bonds is 6. The fraction of sp³-hybridized carbons (Fsp3) is 0.381. The Morgan fingerprint density at radius 3 is 2.83 bits per heavy atom. The van der Waals surface area contributed by atoms with Gasteiger partial charge in [-0.05, 0) is 50.1 Å². The lowest BCUT2D eigenvalue weighted by Crippen LogP contribution is -2.46. The molecule has 8 heteroatoms. The fourth-order valence-corrected chi connectivity index (χ4v) is 4.83. The molecule has 0 bridgehead atoms. The van der Waals surface area contributed by atoms with Crippen molar-refractivity contribution in [2.45, 2.75) is 19.8 Å². The number of aryl methyl sites for hydroxylation is 2. The minimum atomic E-state index is -0.399. The number of nitriles is 1. The minimum absolute atomic E-state index is 0.399. The highest BCUT2D eigenvalue weighted by atomic mass is 32.1. The van der Waals surface area contributed by atoms with Crippen LogP contribution in [0.15, 0.2) is 24.4 Å². The lowest BCUT2D eigenvalue weighted by atomic mass is 10.1. The lowest BCUT2D eigenvalue weighted by molar-refractivity contribution is 0.100. The summed E-state index contributed by atoms with van der Waals surface area (Å²) in [6, 6.07) is 8.00. The Hall–Kier alpha value is -2.89. The van der Waals surface area contributed by atoms with Crippen LogP contribution in [0.4, 0.5) is 5.13 Å². The van der Waals surface area contributed by atoms with Crippen LogP contribution in [-0.4, -0.2) is 53.5 Å². The van der Waals surface area contributed by atoms with E-state index >= 15 is 0 Å². The van der Waals surface area contributed by atoms with Gasteiger partial charge in [0, 0.05) is 43.3 Å². The van der Waals surface area contributed by atoms with Gasteiger partial charge in [0.15, 0.2) is 5.13 Å². The summed E-state index contributed by atoms with van der Waals surface area (Å²) >= 11 is 1.39. The molecule has 1 saturated heterocycles. The average Bonchev–Trinajstić information content (AvgIpc) is 3.31. The maximum absolute atomic E-state index is 11.5. The van der Waals surface area contributed by atoms with Crippen molar-refractivity contribution < 1.29 is 4.79 Å². The number of amides is 1. The van der Waals surface area contributed by atoms with Gasteiger partial charge in [0.25, 0.3) is 5.91 Å². The summed E-state index contributed by atoms with van der Waals surface area (Å²) in [5, 5.41) is 11.2. The maximum Gasteiger partial charge on any atom is 0.260 e. The number of hydrogen-bond acceptors (Lipinski definition) is 6. The van der Waals surface area contributed by atoms with Gasteiger partial charge in [0.1, 0.15) is 4.88 Å². The zero-order chi connectivity index (χ0) is 20.4. The first-order chi connectivity index (χ1) is 14.0. The molecule has 1 aliphatic heterocycles. The highest BCUT2D eigenvalue weighted by Crippen LogP contribution is 2.27. The molecule has 3 N–H and O–H groups in total. The number of H-pyrrole nitrogens is 1. The van der Waals surface area contributed by atoms with Crippen LogP contribution < -0.4 is 10.6 Å². The molecule has 0 saturated carbocycles. The number of carbonyl (C=O) groups excluding carboxylic acids is 1. The highest BCUT2D eigenvalue weighted by Gasteiger charge is 2.21. The van der Waals surface area contributed by atoms with Crippen LogP contribution in [-0.2, 0) is 6.42 Å². The van der Waals surface area contributed by atoms with Crippen LogP contribution in [0.1, 0.15) is 32.9 Å². The predicted octanol–water partition coefficient (Wildman–Crippen LogP) is 2.66. The molecule has 0 aliphatic carbocycles. The van der Waals surface area contributed by atoms with Crippen molar-refractivity contribution in [3.63, 3.8) is 0 Å². The molecule has 1 aliphatic rings. The summed E-state index contributed by atoms with van der Waals surface area (Å²) in [5.74, 6) is -0.399. The van der Waals surface area contributed by atoms with Crippen molar-refractivity contribution in [3.05, 3.63) is 46.1 Å². The summed E-state index contributed by atoms with van der Waals surface area (Å²) in [5.41, 5.74) is 9.19. The molecule has 0 spiro atoms. The summed E-state index contributed by atoms with van der Waals surface area (Å²) < 4.78 is 0. The Morgan fingerprint density at radius 1 is 1.34 bits per heavy atom. The number of hydrogen-bond donors (Lipinski definition) is 2. The third-order valence-corrected chi connectivity index (χ3v) is 6.70. The first-order valence-corrected chi connectivity index (χ1v) is 10.6. The van der Waals surface area contributed by atoms with E-state index in [1.54, 1.807) is 0 Å². The van der Waals surface area contributed by atoms with Crippen LogP contribution in [0.2, 0.25) is 0 Å². The highest BCUT2D eigenvalue weighted by molar-refractivity contribution is 7.17. The Balaban J connectivity index is 1.29. The van der Waals surface area contributed by atoms with Gasteiger partial charge in [0.2, 0.25) is 0 Å². The summed E-state index contributed by atoms with van der Waals surface area (Å²) in [6.45, 7) is 6.66. The van der Waals surface area contributed by atoms with Gasteiger partial charge >= 0.3 is 0 Å². The van der Waals surface area contributed by atoms with Gasteiger partial charge in [-0.2, -0.15) is 5.26 Å². The number of nitrogens with two attached hydrogens (primary N) is 1. The number of nitrogens with zero attached hydrogens (tertiary/aromatic N) is 4. The molecule has 29 heavy (non-hydrogen) atoms. The second-order valence-electron chi connectivity index (χ2n) is 7.39. The van der Waals surface area contributed by atoms with Crippen LogP contribution in [0.25, 0.3) is 10.9 Å². The van der Waals surface area contributed by atoms with Crippen molar-refractivity contribution in [3.8, 4) is 6.07 Å². The van der Waals surface area contributed by atoms with E-state index in [2.05, 4.69) is 32.0 Å². The first kappa shape index (κ1) is 19.4. The molecular weight excluding hydrogens is 384 g/mol. The maximum atomic E-state index is 11.5. The van der Waals surface area contributed by atoms with E-state index < -0.39 is 5.91 Å². The Kier molecular flexibility index (Phi) is 5.51. The number of primary amides is 1. The van der Waals surface area contributed by atoms with Gasteiger partial charge in [-0.1, -0.05) is 11.3 Å². The summed E-state index contributed by atoms with van der Waals surface area (Å²) in [7, 11) is 0. The number of aromatic amines is 1. The zero-order valence-corrected chi connectivity index (χ0v) is 17.3. The zero-order valence-electron chi connectivity index (χ0n) is 16.4. The van der Waals surface area contributed by atoms with Crippen molar-refractivity contribution in [2.24, 2.45) is 5.73 Å². The van der Waals surface area contributed by atoms with Gasteiger partial charge in [-0.3, -0.25) is 9.69 Å². The van der Waals surface area contributed by atoms with Crippen molar-refractivity contribution in [2.75, 3.05) is 37.6 Å². The van der Waals surface area contributed by atoms with Gasteiger partial charge in [-0.25, -0.2) is 4.98 Å². The standard InChI is InChI=1S/C21H24N6OS/c1-14-19(20(23)28)29-21(25-14)27-9-7-26(8-10-27)6-2-3-16-13-24-18-5-4-15(12-22)11-17(16)18/h4-5,11,13,24H,2-3,6-10H2,1H3,(H2,23,28). The van der Waals surface area contributed by atoms with E-state index in [0.717, 1.165) is 67.3 Å². The molecule has 150 valence electrons. The number of aromatic nitrogens is 2. The minimum Gasteiger partial charge on any atom is -0.365 e. The molecule has 7 nitrogen and oxygen atoms in total. The molecule has 0 radical (unpaired) electrons. The van der Waals surface area contributed by atoms with Crippen LogP contribution in [0.3, 0.4) is 0 Å². The molecule has 3 aromatic rings. The molecule has 1 amide bonds. The topological polar surface area (TPSA) is 102 Å². The Morgan fingerprint density at radius 2 is 2.14 bits per heavy atom. The molecule has 0 atom stereocenters. The smallest absolute Gasteiger partial charge is 0.260 e. The number of fused-ring (bicyclic) bond motifs is 1. The van der Waals surface area contributed by atoms with E-state index in [1.807, 2.05) is 25.1 Å². The van der Waals surface area contributed by atoms with Crippen LogP contribution >= 0.6 is 11.3 Å². The number of thiazole rings is 1. The SMILES string of the molecule is Cc1nc(N2CCN(CCCc3c[nH]c4ccc(C#N)cc34)CC2)sc1C(N)=O. The van der Waals surface area contributed by atoms with Gasteiger partial charge < -0.3 is 15.6 Å². The fourth-order valence-electron chi connectivity index (χ4n) is 3.86. The van der Waals surface area contributed by atoms with Gasteiger partial charge in [0.05, 0.1) is 17.3 Å². The summed E-state index contributed by atoms with van der Waals surface area (Å²) in [4.78, 5) is 24.5. The molecule has 4 rings (SSSR count). The number of nitrogens with one attached hydrogen (secondary N) is 1. The van der Waals surface area contributed by atoms with E-state index in [1.165, 1.54) is 16.9 Å². The average molecular weight is 409 g/mol. The molecule has 1 aromatic carbocycles. The van der Waals surface area contributed by atoms with E-state index in [0.29, 0.717) is 10.4 Å². The second-order valence-corrected chi connectivity index (χ2v) is 8.37. The number of benzene rings is 1. The lowest BCUT2D eigenvalue weighted by Gasteiger charge is -2.34. The van der Waals surface area contributed by atoms with Crippen molar-refractivity contribution in [1.29, 1.82) is 5.26 Å². The molecule has 3 heterocycles. The van der Waals surface area contributed by atoms with Crippen molar-refractivity contribution >= 4 is 33.3 Å². The Labute approximate surface area is 173 Å². The number of carbonyl (C=O) groups is 1. The van der Waals surface area contributed by atoms with Gasteiger partial charge in [-0.15, -0.1) is 0 Å². The quantitative estimate of drug-likeness (QED) is 0.653.